The summed E-state index contributed by atoms with van der Waals surface area (Å²) in [6, 6.07) is 8.96. The first-order valence-corrected chi connectivity index (χ1v) is 7.33. The lowest BCUT2D eigenvalue weighted by Gasteiger charge is -2.21. The van der Waals surface area contributed by atoms with Crippen LogP contribution in [0.15, 0.2) is 24.3 Å². The van der Waals surface area contributed by atoms with Gasteiger partial charge in [0.15, 0.2) is 0 Å². The predicted molar refractivity (Wildman–Crippen MR) is 81.1 cm³/mol. The second-order valence-electron chi connectivity index (χ2n) is 4.87. The van der Waals surface area contributed by atoms with Gasteiger partial charge in [-0.2, -0.15) is 0 Å². The van der Waals surface area contributed by atoms with E-state index < -0.39 is 0 Å². The summed E-state index contributed by atoms with van der Waals surface area (Å²) in [6.07, 6.45) is 4.87. The smallest absolute Gasteiger partial charge is 0.0366 e. The Balaban J connectivity index is 2.58. The highest BCUT2D eigenvalue weighted by Crippen LogP contribution is 2.21. The predicted octanol–water partition coefficient (Wildman–Crippen LogP) is 4.11. The zero-order chi connectivity index (χ0) is 13.4. The molecule has 0 saturated heterocycles. The van der Waals surface area contributed by atoms with Gasteiger partial charge in [0.2, 0.25) is 0 Å². The number of unbranched alkanes of at least 4 members (excludes halogenated alkanes) is 2. The fourth-order valence-electron chi connectivity index (χ4n) is 2.30. The van der Waals surface area contributed by atoms with Gasteiger partial charge in [0.05, 0.1) is 0 Å². The summed E-state index contributed by atoms with van der Waals surface area (Å²) in [5, 5.41) is 0. The Morgan fingerprint density at radius 1 is 1.00 bits per heavy atom. The van der Waals surface area contributed by atoms with E-state index in [2.05, 4.69) is 49.9 Å². The molecule has 0 heterocycles. The van der Waals surface area contributed by atoms with E-state index in [1.54, 1.807) is 0 Å². The Bertz CT molecular complexity index is 314. The zero-order valence-corrected chi connectivity index (χ0v) is 12.2. The molecule has 0 unspecified atom stereocenters. The number of hydrogen-bond donors (Lipinski definition) is 1. The Hall–Kier alpha value is -1.02. The molecule has 0 aliphatic heterocycles. The maximum atomic E-state index is 6.21. The molecular formula is C16H28N2. The van der Waals surface area contributed by atoms with Crippen LogP contribution in [0, 0.1) is 0 Å². The van der Waals surface area contributed by atoms with E-state index in [4.69, 9.17) is 5.73 Å². The van der Waals surface area contributed by atoms with Gasteiger partial charge in [-0.3, -0.25) is 0 Å². The van der Waals surface area contributed by atoms with Crippen molar-refractivity contribution in [2.75, 3.05) is 18.0 Å². The SMILES string of the molecule is CCCCC[C@@H](N)c1ccc(N(CC)CC)cc1. The van der Waals surface area contributed by atoms with Crippen LogP contribution in [0.25, 0.3) is 0 Å². The highest BCUT2D eigenvalue weighted by Gasteiger charge is 2.07. The summed E-state index contributed by atoms with van der Waals surface area (Å²) in [7, 11) is 0. The monoisotopic (exact) mass is 248 g/mol. The van der Waals surface area contributed by atoms with Crippen molar-refractivity contribution in [3.05, 3.63) is 29.8 Å². The molecule has 0 fully saturated rings. The van der Waals surface area contributed by atoms with Gasteiger partial charge in [-0.25, -0.2) is 0 Å². The van der Waals surface area contributed by atoms with Crippen molar-refractivity contribution in [3.63, 3.8) is 0 Å². The zero-order valence-electron chi connectivity index (χ0n) is 12.2. The number of anilines is 1. The first-order valence-electron chi connectivity index (χ1n) is 7.33. The van der Waals surface area contributed by atoms with Crippen LogP contribution >= 0.6 is 0 Å². The molecule has 0 aliphatic rings. The van der Waals surface area contributed by atoms with Gasteiger partial charge < -0.3 is 10.6 Å². The van der Waals surface area contributed by atoms with Crippen molar-refractivity contribution < 1.29 is 0 Å². The first-order chi connectivity index (χ1) is 8.72. The van der Waals surface area contributed by atoms with Crippen molar-refractivity contribution in [1.82, 2.24) is 0 Å². The normalized spacial score (nSPS) is 12.4. The lowest BCUT2D eigenvalue weighted by Crippen LogP contribution is -2.21. The van der Waals surface area contributed by atoms with Crippen LogP contribution in [-0.2, 0) is 0 Å². The molecule has 1 aromatic rings. The van der Waals surface area contributed by atoms with E-state index in [9.17, 15) is 0 Å². The van der Waals surface area contributed by atoms with Crippen molar-refractivity contribution >= 4 is 5.69 Å². The van der Waals surface area contributed by atoms with Crippen LogP contribution in [0.3, 0.4) is 0 Å². The molecule has 18 heavy (non-hydrogen) atoms. The number of benzene rings is 1. The summed E-state index contributed by atoms with van der Waals surface area (Å²) >= 11 is 0. The van der Waals surface area contributed by atoms with Crippen LogP contribution in [0.5, 0.6) is 0 Å². The quantitative estimate of drug-likeness (QED) is 0.701. The minimum atomic E-state index is 0.197. The second-order valence-corrected chi connectivity index (χ2v) is 4.87. The molecule has 0 aliphatic carbocycles. The molecule has 0 bridgehead atoms. The topological polar surface area (TPSA) is 29.3 Å². The van der Waals surface area contributed by atoms with Gasteiger partial charge in [0.25, 0.3) is 0 Å². The molecule has 102 valence electrons. The van der Waals surface area contributed by atoms with E-state index >= 15 is 0 Å². The molecular weight excluding hydrogens is 220 g/mol. The van der Waals surface area contributed by atoms with Crippen molar-refractivity contribution in [1.29, 1.82) is 0 Å². The Morgan fingerprint density at radius 2 is 1.61 bits per heavy atom. The fraction of sp³-hybridized carbons (Fsp3) is 0.625. The molecule has 0 spiro atoms. The number of nitrogens with two attached hydrogens (primary N) is 1. The summed E-state index contributed by atoms with van der Waals surface area (Å²) in [5.41, 5.74) is 8.77. The van der Waals surface area contributed by atoms with Crippen LogP contribution in [0.4, 0.5) is 5.69 Å². The maximum absolute atomic E-state index is 6.21. The van der Waals surface area contributed by atoms with Gasteiger partial charge in [-0.15, -0.1) is 0 Å². The summed E-state index contributed by atoms with van der Waals surface area (Å²) in [4.78, 5) is 2.35. The van der Waals surface area contributed by atoms with Gasteiger partial charge in [-0.05, 0) is 38.0 Å². The van der Waals surface area contributed by atoms with Crippen LogP contribution in [-0.4, -0.2) is 13.1 Å². The third kappa shape index (κ3) is 4.34. The minimum Gasteiger partial charge on any atom is -0.372 e. The standard InChI is InChI=1S/C16H28N2/c1-4-7-8-9-16(17)14-10-12-15(13-11-14)18(5-2)6-3/h10-13,16H,4-9,17H2,1-3H3/t16-/m1/s1. The van der Waals surface area contributed by atoms with Crippen LogP contribution in [0.1, 0.15) is 58.1 Å². The molecule has 2 nitrogen and oxygen atoms in total. The average Bonchev–Trinajstić information content (AvgIpc) is 2.41. The van der Waals surface area contributed by atoms with Crippen molar-refractivity contribution in [2.45, 2.75) is 52.5 Å². The van der Waals surface area contributed by atoms with Crippen molar-refractivity contribution in [3.8, 4) is 0 Å². The van der Waals surface area contributed by atoms with E-state index in [-0.39, 0.29) is 6.04 Å². The van der Waals surface area contributed by atoms with Crippen LogP contribution in [0.2, 0.25) is 0 Å². The lowest BCUT2D eigenvalue weighted by atomic mass is 10.0. The number of rotatable bonds is 8. The number of nitrogens with zero attached hydrogens (tertiary/aromatic N) is 1. The molecule has 1 aromatic carbocycles. The molecule has 0 amide bonds. The molecule has 1 rings (SSSR count). The van der Waals surface area contributed by atoms with E-state index in [1.165, 1.54) is 30.5 Å². The van der Waals surface area contributed by atoms with Gasteiger partial charge in [0.1, 0.15) is 0 Å². The largest absolute Gasteiger partial charge is 0.372 e. The van der Waals surface area contributed by atoms with Crippen LogP contribution < -0.4 is 10.6 Å². The second kappa shape index (κ2) is 8.15. The van der Waals surface area contributed by atoms with E-state index in [1.807, 2.05) is 0 Å². The Morgan fingerprint density at radius 3 is 2.11 bits per heavy atom. The first kappa shape index (κ1) is 15.0. The number of hydrogen-bond acceptors (Lipinski definition) is 2. The average molecular weight is 248 g/mol. The van der Waals surface area contributed by atoms with Gasteiger partial charge >= 0.3 is 0 Å². The third-order valence-corrected chi connectivity index (χ3v) is 3.57. The van der Waals surface area contributed by atoms with E-state index in [0.717, 1.165) is 19.5 Å². The highest BCUT2D eigenvalue weighted by molar-refractivity contribution is 5.47. The Labute approximate surface area is 112 Å². The molecule has 2 heteroatoms. The third-order valence-electron chi connectivity index (χ3n) is 3.57. The maximum Gasteiger partial charge on any atom is 0.0366 e. The molecule has 0 radical (unpaired) electrons. The summed E-state index contributed by atoms with van der Waals surface area (Å²) in [5.74, 6) is 0. The summed E-state index contributed by atoms with van der Waals surface area (Å²) in [6.45, 7) is 8.71. The molecule has 0 saturated carbocycles. The highest BCUT2D eigenvalue weighted by atomic mass is 15.1. The Kier molecular flexibility index (Phi) is 6.81. The molecule has 2 N–H and O–H groups in total. The molecule has 1 atom stereocenters. The van der Waals surface area contributed by atoms with Gasteiger partial charge in [0, 0.05) is 24.8 Å². The van der Waals surface area contributed by atoms with Gasteiger partial charge in [-0.1, -0.05) is 38.3 Å². The molecule has 0 aromatic heterocycles. The lowest BCUT2D eigenvalue weighted by molar-refractivity contribution is 0.581. The van der Waals surface area contributed by atoms with E-state index in [0.29, 0.717) is 0 Å². The fourth-order valence-corrected chi connectivity index (χ4v) is 2.30. The van der Waals surface area contributed by atoms with Crippen molar-refractivity contribution in [2.24, 2.45) is 5.73 Å². The summed E-state index contributed by atoms with van der Waals surface area (Å²) < 4.78 is 0. The minimum absolute atomic E-state index is 0.197.